The zero-order valence-corrected chi connectivity index (χ0v) is 12.5. The summed E-state index contributed by atoms with van der Waals surface area (Å²) in [5.74, 6) is 0.932. The van der Waals surface area contributed by atoms with E-state index in [1.54, 1.807) is 0 Å². The summed E-state index contributed by atoms with van der Waals surface area (Å²) >= 11 is 0. The van der Waals surface area contributed by atoms with Crippen molar-refractivity contribution in [1.82, 2.24) is 4.90 Å². The predicted octanol–water partition coefficient (Wildman–Crippen LogP) is 2.96. The van der Waals surface area contributed by atoms with Gasteiger partial charge in [0.15, 0.2) is 0 Å². The number of ether oxygens (including phenoxy) is 1. The molecule has 0 aliphatic carbocycles. The van der Waals surface area contributed by atoms with Crippen LogP contribution in [0.15, 0.2) is 24.3 Å². The van der Waals surface area contributed by atoms with Crippen molar-refractivity contribution in [1.29, 1.82) is 0 Å². The quantitative estimate of drug-likeness (QED) is 0.906. The summed E-state index contributed by atoms with van der Waals surface area (Å²) in [5, 5.41) is 0. The first-order valence-corrected chi connectivity index (χ1v) is 7.27. The summed E-state index contributed by atoms with van der Waals surface area (Å²) in [6.45, 7) is 9.65. The van der Waals surface area contributed by atoms with E-state index in [1.807, 2.05) is 13.8 Å². The topological polar surface area (TPSA) is 38.5 Å². The molecule has 1 aromatic carbocycles. The molecule has 19 heavy (non-hydrogen) atoms. The van der Waals surface area contributed by atoms with Crippen LogP contribution in [0.5, 0.6) is 5.75 Å². The van der Waals surface area contributed by atoms with Crippen LogP contribution in [0.25, 0.3) is 0 Å². The van der Waals surface area contributed by atoms with Crippen LogP contribution in [0, 0.1) is 0 Å². The molecule has 1 aliphatic heterocycles. The van der Waals surface area contributed by atoms with Crippen molar-refractivity contribution in [2.24, 2.45) is 5.73 Å². The van der Waals surface area contributed by atoms with Crippen LogP contribution >= 0.6 is 0 Å². The second kappa shape index (κ2) is 5.93. The van der Waals surface area contributed by atoms with Crippen molar-refractivity contribution < 1.29 is 4.74 Å². The maximum atomic E-state index is 6.29. The molecule has 1 aromatic rings. The van der Waals surface area contributed by atoms with Crippen molar-refractivity contribution in [2.75, 3.05) is 6.54 Å². The Kier molecular flexibility index (Phi) is 4.48. The van der Waals surface area contributed by atoms with Gasteiger partial charge in [0.1, 0.15) is 5.75 Å². The second-order valence-corrected chi connectivity index (χ2v) is 5.96. The zero-order chi connectivity index (χ0) is 14.0. The molecule has 0 spiro atoms. The molecule has 3 heteroatoms. The number of benzene rings is 1. The molecule has 2 atom stereocenters. The normalized spacial score (nSPS) is 24.4. The molecule has 0 radical (unpaired) electrons. The predicted molar refractivity (Wildman–Crippen MR) is 79.4 cm³/mol. The highest BCUT2D eigenvalue weighted by Gasteiger charge is 2.34. The fraction of sp³-hybridized carbons (Fsp3) is 0.625. The van der Waals surface area contributed by atoms with Crippen LogP contribution in [0.1, 0.15) is 45.7 Å². The van der Waals surface area contributed by atoms with Crippen LogP contribution in [-0.4, -0.2) is 29.6 Å². The van der Waals surface area contributed by atoms with Gasteiger partial charge in [-0.2, -0.15) is 0 Å². The highest BCUT2D eigenvalue weighted by atomic mass is 16.5. The zero-order valence-electron chi connectivity index (χ0n) is 12.5. The molecule has 1 saturated heterocycles. The summed E-state index contributed by atoms with van der Waals surface area (Å²) in [5.41, 5.74) is 7.59. The molecule has 1 aliphatic rings. The summed E-state index contributed by atoms with van der Waals surface area (Å²) in [6, 6.07) is 9.53. The van der Waals surface area contributed by atoms with Gasteiger partial charge in [0.05, 0.1) is 12.1 Å². The van der Waals surface area contributed by atoms with Crippen LogP contribution in [0.2, 0.25) is 0 Å². The average Bonchev–Trinajstić information content (AvgIpc) is 2.71. The minimum atomic E-state index is 0.215. The number of hydrogen-bond donors (Lipinski definition) is 1. The molecule has 1 fully saturated rings. The van der Waals surface area contributed by atoms with Gasteiger partial charge in [0.25, 0.3) is 0 Å². The van der Waals surface area contributed by atoms with E-state index in [0.29, 0.717) is 12.1 Å². The smallest absolute Gasteiger partial charge is 0.119 e. The summed E-state index contributed by atoms with van der Waals surface area (Å²) in [4.78, 5) is 2.49. The fourth-order valence-electron chi connectivity index (χ4n) is 2.87. The van der Waals surface area contributed by atoms with E-state index >= 15 is 0 Å². The van der Waals surface area contributed by atoms with Crippen LogP contribution in [0.3, 0.4) is 0 Å². The largest absolute Gasteiger partial charge is 0.491 e. The highest BCUT2D eigenvalue weighted by Crippen LogP contribution is 2.33. The molecule has 2 unspecified atom stereocenters. The van der Waals surface area contributed by atoms with Crippen molar-refractivity contribution in [3.8, 4) is 5.75 Å². The lowest BCUT2D eigenvalue weighted by Crippen LogP contribution is -2.35. The van der Waals surface area contributed by atoms with Gasteiger partial charge in [0.2, 0.25) is 0 Å². The number of nitrogens with zero attached hydrogens (tertiary/aromatic N) is 1. The van der Waals surface area contributed by atoms with Gasteiger partial charge in [-0.1, -0.05) is 12.1 Å². The first kappa shape index (κ1) is 14.4. The lowest BCUT2D eigenvalue weighted by Gasteiger charge is -2.30. The Balaban J connectivity index is 2.16. The Morgan fingerprint density at radius 1 is 1.16 bits per heavy atom. The van der Waals surface area contributed by atoms with E-state index in [2.05, 4.69) is 43.0 Å². The van der Waals surface area contributed by atoms with Crippen molar-refractivity contribution in [3.63, 3.8) is 0 Å². The van der Waals surface area contributed by atoms with E-state index < -0.39 is 0 Å². The van der Waals surface area contributed by atoms with Gasteiger partial charge < -0.3 is 10.5 Å². The molecule has 2 rings (SSSR count). The van der Waals surface area contributed by atoms with Crippen molar-refractivity contribution in [3.05, 3.63) is 29.8 Å². The summed E-state index contributed by atoms with van der Waals surface area (Å²) in [7, 11) is 0. The van der Waals surface area contributed by atoms with Gasteiger partial charge in [-0.15, -0.1) is 0 Å². The summed E-state index contributed by atoms with van der Waals surface area (Å²) in [6.07, 6.45) is 1.29. The Morgan fingerprint density at radius 2 is 1.79 bits per heavy atom. The second-order valence-electron chi connectivity index (χ2n) is 5.96. The van der Waals surface area contributed by atoms with Gasteiger partial charge in [-0.05, 0) is 51.8 Å². The Labute approximate surface area is 116 Å². The SMILES string of the molecule is CC(C)Oc1ccc(C2C(N)CCN2C(C)C)cc1. The lowest BCUT2D eigenvalue weighted by molar-refractivity contribution is 0.198. The molecule has 1 heterocycles. The molecule has 0 saturated carbocycles. The molecule has 0 bridgehead atoms. The molecular formula is C16H26N2O. The van der Waals surface area contributed by atoms with Crippen molar-refractivity contribution in [2.45, 2.75) is 58.3 Å². The maximum Gasteiger partial charge on any atom is 0.119 e. The lowest BCUT2D eigenvalue weighted by atomic mass is 10.00. The highest BCUT2D eigenvalue weighted by molar-refractivity contribution is 5.31. The standard InChI is InChI=1S/C16H26N2O/c1-11(2)18-10-9-15(17)16(18)13-5-7-14(8-6-13)19-12(3)4/h5-8,11-12,15-16H,9-10,17H2,1-4H3. The van der Waals surface area contributed by atoms with E-state index in [9.17, 15) is 0 Å². The summed E-state index contributed by atoms with van der Waals surface area (Å²) < 4.78 is 5.69. The maximum absolute atomic E-state index is 6.29. The van der Waals surface area contributed by atoms with Gasteiger partial charge in [0, 0.05) is 18.6 Å². The molecule has 0 aromatic heterocycles. The first-order chi connectivity index (χ1) is 8.99. The van der Waals surface area contributed by atoms with Crippen molar-refractivity contribution >= 4 is 0 Å². The van der Waals surface area contributed by atoms with Crippen LogP contribution < -0.4 is 10.5 Å². The minimum absolute atomic E-state index is 0.215. The molecule has 2 N–H and O–H groups in total. The van der Waals surface area contributed by atoms with Gasteiger partial charge in [-0.25, -0.2) is 0 Å². The number of hydrogen-bond acceptors (Lipinski definition) is 3. The number of likely N-dealkylation sites (tertiary alicyclic amines) is 1. The van der Waals surface area contributed by atoms with E-state index in [4.69, 9.17) is 10.5 Å². The van der Waals surface area contributed by atoms with Crippen LogP contribution in [-0.2, 0) is 0 Å². The Morgan fingerprint density at radius 3 is 2.32 bits per heavy atom. The Bertz CT molecular complexity index is 400. The average molecular weight is 262 g/mol. The first-order valence-electron chi connectivity index (χ1n) is 7.27. The van der Waals surface area contributed by atoms with E-state index in [-0.39, 0.29) is 12.1 Å². The monoisotopic (exact) mass is 262 g/mol. The Hall–Kier alpha value is -1.06. The van der Waals surface area contributed by atoms with E-state index in [0.717, 1.165) is 18.7 Å². The third-order valence-electron chi connectivity index (χ3n) is 3.74. The van der Waals surface area contributed by atoms with Crippen LogP contribution in [0.4, 0.5) is 0 Å². The van der Waals surface area contributed by atoms with E-state index in [1.165, 1.54) is 5.56 Å². The fourth-order valence-corrected chi connectivity index (χ4v) is 2.87. The molecule has 0 amide bonds. The third kappa shape index (κ3) is 3.28. The van der Waals surface area contributed by atoms with Gasteiger partial charge in [-0.3, -0.25) is 4.90 Å². The third-order valence-corrected chi connectivity index (χ3v) is 3.74. The minimum Gasteiger partial charge on any atom is -0.491 e. The molecule has 3 nitrogen and oxygen atoms in total. The molecular weight excluding hydrogens is 236 g/mol. The number of rotatable bonds is 4. The number of nitrogens with two attached hydrogens (primary N) is 1. The van der Waals surface area contributed by atoms with Gasteiger partial charge >= 0.3 is 0 Å². The molecule has 106 valence electrons.